The van der Waals surface area contributed by atoms with Gasteiger partial charge in [-0.15, -0.1) is 5.72 Å². The predicted octanol–water partition coefficient (Wildman–Crippen LogP) is -2.41. The normalized spacial score (nSPS) is 28.1. The largest absolute Gasteiger partial charge is 0.104 e. The molecule has 1 rings (SSSR count). The van der Waals surface area contributed by atoms with Gasteiger partial charge in [0.2, 0.25) is 0 Å². The van der Waals surface area contributed by atoms with E-state index in [1.165, 1.54) is 25.7 Å². The standard InChI is InChI=1S/C10H26B6/c1-9(13,14)6-3-2-4-7(5-6)10(15,16)8(11)12/h6-8H,2-5,11-16H2,1H3. The fourth-order valence-electron chi connectivity index (χ4n) is 3.12. The van der Waals surface area contributed by atoms with Crippen LogP contribution in [0.25, 0.3) is 0 Å². The van der Waals surface area contributed by atoms with Crippen molar-refractivity contribution in [3.8, 4) is 0 Å². The average molecular weight is 211 g/mol. The highest BCUT2D eigenvalue weighted by Crippen LogP contribution is 2.50. The summed E-state index contributed by atoms with van der Waals surface area (Å²) in [5, 5.41) is 1.02. The van der Waals surface area contributed by atoms with E-state index in [4.69, 9.17) is 0 Å². The van der Waals surface area contributed by atoms with Gasteiger partial charge in [0.05, 0.1) is 47.1 Å². The fourth-order valence-corrected chi connectivity index (χ4v) is 3.12. The van der Waals surface area contributed by atoms with Crippen molar-refractivity contribution in [1.29, 1.82) is 0 Å². The van der Waals surface area contributed by atoms with Crippen molar-refractivity contribution >= 4 is 47.1 Å². The number of rotatable bonds is 3. The molecule has 0 radical (unpaired) electrons. The van der Waals surface area contributed by atoms with E-state index in [0.29, 0.717) is 10.4 Å². The zero-order valence-corrected chi connectivity index (χ0v) is 12.6. The van der Waals surface area contributed by atoms with Crippen molar-refractivity contribution < 1.29 is 0 Å². The molecule has 0 saturated heterocycles. The summed E-state index contributed by atoms with van der Waals surface area (Å²) in [6.45, 7) is 2.42. The highest BCUT2D eigenvalue weighted by atomic mass is 14.4. The van der Waals surface area contributed by atoms with Crippen molar-refractivity contribution in [1.82, 2.24) is 0 Å². The van der Waals surface area contributed by atoms with Crippen molar-refractivity contribution in [2.45, 2.75) is 48.8 Å². The molecule has 1 fully saturated rings. The third-order valence-electron chi connectivity index (χ3n) is 5.44. The molecule has 0 aromatic heterocycles. The lowest BCUT2D eigenvalue weighted by atomic mass is 9.32. The Morgan fingerprint density at radius 2 is 1.50 bits per heavy atom. The summed E-state index contributed by atoms with van der Waals surface area (Å²) in [5.41, 5.74) is 0.802. The van der Waals surface area contributed by atoms with Crippen LogP contribution in [0.3, 0.4) is 0 Å². The minimum atomic E-state index is 0.506. The van der Waals surface area contributed by atoms with Crippen LogP contribution >= 0.6 is 0 Å². The zero-order chi connectivity index (χ0) is 12.6. The first-order valence-corrected chi connectivity index (χ1v) is 7.15. The second-order valence-corrected chi connectivity index (χ2v) is 7.90. The molecule has 2 atom stereocenters. The summed E-state index contributed by atoms with van der Waals surface area (Å²) in [6, 6.07) is 0. The van der Waals surface area contributed by atoms with Crippen molar-refractivity contribution in [2.24, 2.45) is 11.8 Å². The second-order valence-electron chi connectivity index (χ2n) is 7.90. The smallest absolute Gasteiger partial charge is 0.0992 e. The van der Waals surface area contributed by atoms with Crippen LogP contribution in [-0.4, -0.2) is 47.1 Å². The van der Waals surface area contributed by atoms with Crippen LogP contribution < -0.4 is 0 Å². The molecule has 2 unspecified atom stereocenters. The molecule has 1 saturated carbocycles. The van der Waals surface area contributed by atoms with Crippen LogP contribution in [-0.2, 0) is 0 Å². The topological polar surface area (TPSA) is 0 Å². The van der Waals surface area contributed by atoms with Crippen molar-refractivity contribution in [2.75, 3.05) is 0 Å². The Bertz CT molecular complexity index is 232. The molecule has 0 aromatic rings. The zero-order valence-electron chi connectivity index (χ0n) is 12.6. The fraction of sp³-hybridized carbons (Fsp3) is 1.00. The molecule has 0 aromatic carbocycles. The molecule has 0 nitrogen and oxygen atoms in total. The number of hydrogen-bond acceptors (Lipinski definition) is 0. The van der Waals surface area contributed by atoms with E-state index < -0.39 is 0 Å². The average Bonchev–Trinajstić information content (AvgIpc) is 2.16. The Morgan fingerprint density at radius 1 is 1.00 bits per heavy atom. The molecular formula is C10H26B6. The molecule has 0 aliphatic heterocycles. The first kappa shape index (κ1) is 14.5. The van der Waals surface area contributed by atoms with Crippen LogP contribution in [0.5, 0.6) is 0 Å². The van der Waals surface area contributed by atoms with E-state index in [0.717, 1.165) is 17.6 Å². The number of hydrogen-bond donors (Lipinski definition) is 0. The van der Waals surface area contributed by atoms with Gasteiger partial charge in [0.1, 0.15) is 0 Å². The third kappa shape index (κ3) is 3.20. The summed E-state index contributed by atoms with van der Waals surface area (Å²) >= 11 is 0. The van der Waals surface area contributed by atoms with E-state index >= 15 is 0 Å². The molecule has 0 amide bonds. The van der Waals surface area contributed by atoms with Gasteiger partial charge in [-0.1, -0.05) is 42.5 Å². The van der Waals surface area contributed by atoms with Crippen molar-refractivity contribution in [3.05, 3.63) is 0 Å². The molecular weight excluding hydrogens is 185 g/mol. The monoisotopic (exact) mass is 212 g/mol. The Kier molecular flexibility index (Phi) is 4.46. The second kappa shape index (κ2) is 4.94. The lowest BCUT2D eigenvalue weighted by molar-refractivity contribution is 0.230. The van der Waals surface area contributed by atoms with Gasteiger partial charge in [-0.2, -0.15) is 0 Å². The molecule has 0 bridgehead atoms. The van der Waals surface area contributed by atoms with E-state index in [2.05, 4.69) is 54.0 Å². The summed E-state index contributed by atoms with van der Waals surface area (Å²) in [4.78, 5) is 0. The van der Waals surface area contributed by atoms with E-state index in [9.17, 15) is 0 Å². The third-order valence-corrected chi connectivity index (χ3v) is 5.44. The van der Waals surface area contributed by atoms with Gasteiger partial charge < -0.3 is 0 Å². The summed E-state index contributed by atoms with van der Waals surface area (Å²) in [6.07, 6.45) is 5.81. The molecule has 0 heterocycles. The maximum absolute atomic E-state index is 2.48. The highest BCUT2D eigenvalue weighted by Gasteiger charge is 2.38. The molecule has 84 valence electrons. The van der Waals surface area contributed by atoms with Crippen LogP contribution in [0.4, 0.5) is 0 Å². The molecule has 1 aliphatic carbocycles. The van der Waals surface area contributed by atoms with Crippen molar-refractivity contribution in [3.63, 3.8) is 0 Å². The van der Waals surface area contributed by atoms with E-state index in [1.807, 2.05) is 0 Å². The Morgan fingerprint density at radius 3 is 1.94 bits per heavy atom. The van der Waals surface area contributed by atoms with Gasteiger partial charge in [0.25, 0.3) is 0 Å². The van der Waals surface area contributed by atoms with Gasteiger partial charge >= 0.3 is 0 Å². The molecule has 0 spiro atoms. The Hall–Kier alpha value is 0.390. The van der Waals surface area contributed by atoms with Crippen LogP contribution in [0.15, 0.2) is 0 Å². The highest BCUT2D eigenvalue weighted by molar-refractivity contribution is 6.51. The van der Waals surface area contributed by atoms with Gasteiger partial charge in [0.15, 0.2) is 0 Å². The molecule has 6 heteroatoms. The van der Waals surface area contributed by atoms with E-state index in [1.54, 1.807) is 0 Å². The summed E-state index contributed by atoms with van der Waals surface area (Å²) < 4.78 is 0. The minimum absolute atomic E-state index is 0.506. The Labute approximate surface area is 108 Å². The van der Waals surface area contributed by atoms with Gasteiger partial charge in [-0.3, -0.25) is 0 Å². The lowest BCUT2D eigenvalue weighted by Gasteiger charge is -2.46. The molecule has 0 N–H and O–H groups in total. The SMILES string of the molecule is BC(B)C(B)(B)C1CCCC(C(B)(B)C)C1. The maximum atomic E-state index is 2.48. The van der Waals surface area contributed by atoms with Crippen LogP contribution in [0, 0.1) is 11.8 Å². The lowest BCUT2D eigenvalue weighted by Crippen LogP contribution is -2.36. The van der Waals surface area contributed by atoms with E-state index in [-0.39, 0.29) is 0 Å². The summed E-state index contributed by atoms with van der Waals surface area (Å²) in [7, 11) is 14.6. The quantitative estimate of drug-likeness (QED) is 0.456. The predicted molar refractivity (Wildman–Crippen MR) is 91.5 cm³/mol. The molecule has 1 aliphatic rings. The van der Waals surface area contributed by atoms with Crippen LogP contribution in [0.2, 0.25) is 16.1 Å². The summed E-state index contributed by atoms with van der Waals surface area (Å²) in [5.74, 6) is 1.87. The minimum Gasteiger partial charge on any atom is -0.104 e. The molecule has 16 heavy (non-hydrogen) atoms. The van der Waals surface area contributed by atoms with Gasteiger partial charge in [-0.05, 0) is 12.3 Å². The first-order valence-electron chi connectivity index (χ1n) is 7.15. The van der Waals surface area contributed by atoms with Gasteiger partial charge in [0, 0.05) is 0 Å². The van der Waals surface area contributed by atoms with Gasteiger partial charge in [-0.25, -0.2) is 0 Å². The van der Waals surface area contributed by atoms with Crippen LogP contribution in [0.1, 0.15) is 32.6 Å². The Balaban J connectivity index is 2.71. The maximum Gasteiger partial charge on any atom is 0.0992 e. The first-order chi connectivity index (χ1) is 7.15.